The molecule has 0 aliphatic carbocycles. The van der Waals surface area contributed by atoms with Gasteiger partial charge in [-0.15, -0.1) is 0 Å². The first-order chi connectivity index (χ1) is 8.15. The molecule has 4 nitrogen and oxygen atoms in total. The van der Waals surface area contributed by atoms with Crippen LogP contribution in [0.5, 0.6) is 0 Å². The number of rotatable bonds is 3. The minimum absolute atomic E-state index is 0.00287. The third-order valence-corrected chi connectivity index (χ3v) is 2.14. The van der Waals surface area contributed by atoms with Crippen molar-refractivity contribution in [3.8, 4) is 11.8 Å². The Morgan fingerprint density at radius 1 is 1.41 bits per heavy atom. The zero-order chi connectivity index (χ0) is 12.7. The summed E-state index contributed by atoms with van der Waals surface area (Å²) in [7, 11) is 0. The lowest BCUT2D eigenvalue weighted by atomic mass is 10.0. The molecule has 4 heteroatoms. The minimum atomic E-state index is -0.00287. The van der Waals surface area contributed by atoms with Gasteiger partial charge < -0.3 is 0 Å². The van der Waals surface area contributed by atoms with Gasteiger partial charge in [0.25, 0.3) is 0 Å². The molecule has 0 saturated heterocycles. The largest absolute Gasteiger partial charge is 0.294 e. The number of carbonyl (C=O) groups excluding carboxylic acids is 1. The SMILES string of the molecule is CC(C)C(=O)c1ccc(C#CCN=[N+]=[N-])cc1. The molecule has 0 amide bonds. The first-order valence-corrected chi connectivity index (χ1v) is 5.29. The van der Waals surface area contributed by atoms with Crippen molar-refractivity contribution in [2.45, 2.75) is 13.8 Å². The van der Waals surface area contributed by atoms with Crippen LogP contribution in [0.4, 0.5) is 0 Å². The molecule has 1 aromatic rings. The molecule has 1 rings (SSSR count). The van der Waals surface area contributed by atoms with Crippen LogP contribution in [0.15, 0.2) is 29.4 Å². The number of ketones is 1. The maximum atomic E-state index is 11.7. The summed E-state index contributed by atoms with van der Waals surface area (Å²) in [5.74, 6) is 5.69. The summed E-state index contributed by atoms with van der Waals surface area (Å²) in [6, 6.07) is 7.11. The Morgan fingerprint density at radius 3 is 2.59 bits per heavy atom. The summed E-state index contributed by atoms with van der Waals surface area (Å²) in [6.45, 7) is 3.90. The van der Waals surface area contributed by atoms with E-state index < -0.39 is 0 Å². The highest BCUT2D eigenvalue weighted by Gasteiger charge is 2.09. The second-order valence-corrected chi connectivity index (χ2v) is 3.79. The van der Waals surface area contributed by atoms with Crippen LogP contribution >= 0.6 is 0 Å². The molecule has 86 valence electrons. The maximum absolute atomic E-state index is 11.7. The Morgan fingerprint density at radius 2 is 2.06 bits per heavy atom. The first kappa shape index (κ1) is 12.8. The van der Waals surface area contributed by atoms with E-state index in [9.17, 15) is 4.79 Å². The van der Waals surface area contributed by atoms with Crippen LogP contribution in [-0.4, -0.2) is 12.3 Å². The molecule has 0 spiro atoms. The zero-order valence-corrected chi connectivity index (χ0v) is 9.84. The van der Waals surface area contributed by atoms with Crippen LogP contribution in [0.3, 0.4) is 0 Å². The predicted octanol–water partition coefficient (Wildman–Crippen LogP) is 3.19. The summed E-state index contributed by atoms with van der Waals surface area (Å²) >= 11 is 0. The van der Waals surface area contributed by atoms with Crippen molar-refractivity contribution in [1.29, 1.82) is 0 Å². The number of carbonyl (C=O) groups is 1. The maximum Gasteiger partial charge on any atom is 0.165 e. The monoisotopic (exact) mass is 227 g/mol. The van der Waals surface area contributed by atoms with Crippen molar-refractivity contribution < 1.29 is 4.79 Å². The molecule has 0 bridgehead atoms. The van der Waals surface area contributed by atoms with Crippen LogP contribution in [-0.2, 0) is 0 Å². The van der Waals surface area contributed by atoms with Crippen molar-refractivity contribution in [3.63, 3.8) is 0 Å². The topological polar surface area (TPSA) is 65.8 Å². The lowest BCUT2D eigenvalue weighted by Crippen LogP contribution is -2.06. The van der Waals surface area contributed by atoms with E-state index in [-0.39, 0.29) is 18.2 Å². The van der Waals surface area contributed by atoms with E-state index in [0.717, 1.165) is 5.56 Å². The molecule has 1 aromatic carbocycles. The minimum Gasteiger partial charge on any atom is -0.294 e. The van der Waals surface area contributed by atoms with Gasteiger partial charge in [-0.1, -0.05) is 42.9 Å². The molecular formula is C13H13N3O. The summed E-state index contributed by atoms with van der Waals surface area (Å²) in [5.41, 5.74) is 9.57. The van der Waals surface area contributed by atoms with Gasteiger partial charge >= 0.3 is 0 Å². The van der Waals surface area contributed by atoms with Gasteiger partial charge in [0.05, 0.1) is 6.54 Å². The highest BCUT2D eigenvalue weighted by Crippen LogP contribution is 2.09. The van der Waals surface area contributed by atoms with Gasteiger partial charge in [0, 0.05) is 22.0 Å². The Kier molecular flexibility index (Phi) is 4.80. The number of hydrogen-bond donors (Lipinski definition) is 0. The Balaban J connectivity index is 2.77. The van der Waals surface area contributed by atoms with Gasteiger partial charge in [-0.05, 0) is 17.7 Å². The highest BCUT2D eigenvalue weighted by atomic mass is 16.1. The van der Waals surface area contributed by atoms with Gasteiger partial charge in [0.2, 0.25) is 0 Å². The van der Waals surface area contributed by atoms with Crippen molar-refractivity contribution in [1.82, 2.24) is 0 Å². The van der Waals surface area contributed by atoms with Gasteiger partial charge in [0.1, 0.15) is 0 Å². The van der Waals surface area contributed by atoms with Crippen molar-refractivity contribution in [2.24, 2.45) is 11.0 Å². The number of nitrogens with zero attached hydrogens (tertiary/aromatic N) is 3. The van der Waals surface area contributed by atoms with Gasteiger partial charge in [-0.2, -0.15) is 0 Å². The Labute approximate surface area is 100 Å². The van der Waals surface area contributed by atoms with Crippen LogP contribution in [0.25, 0.3) is 10.4 Å². The van der Waals surface area contributed by atoms with Crippen molar-refractivity contribution in [2.75, 3.05) is 6.54 Å². The van der Waals surface area contributed by atoms with E-state index in [2.05, 4.69) is 21.9 Å². The third-order valence-electron chi connectivity index (χ3n) is 2.14. The van der Waals surface area contributed by atoms with E-state index in [1.165, 1.54) is 0 Å². The highest BCUT2D eigenvalue weighted by molar-refractivity contribution is 5.97. The van der Waals surface area contributed by atoms with E-state index in [1.54, 1.807) is 24.3 Å². The average molecular weight is 227 g/mol. The van der Waals surface area contributed by atoms with Crippen LogP contribution in [0.2, 0.25) is 0 Å². The second-order valence-electron chi connectivity index (χ2n) is 3.79. The number of hydrogen-bond acceptors (Lipinski definition) is 2. The predicted molar refractivity (Wildman–Crippen MR) is 66.5 cm³/mol. The molecule has 0 unspecified atom stereocenters. The fourth-order valence-electron chi connectivity index (χ4n) is 1.26. The van der Waals surface area contributed by atoms with Gasteiger partial charge in [-0.3, -0.25) is 4.79 Å². The zero-order valence-electron chi connectivity index (χ0n) is 9.84. The Hall–Kier alpha value is -2.24. The number of azide groups is 1. The molecule has 0 atom stereocenters. The molecule has 0 heterocycles. The fourth-order valence-corrected chi connectivity index (χ4v) is 1.26. The number of benzene rings is 1. The Bertz CT molecular complexity index is 500. The van der Waals surface area contributed by atoms with E-state index in [1.807, 2.05) is 13.8 Å². The lowest BCUT2D eigenvalue weighted by Gasteiger charge is -2.03. The standard InChI is InChI=1S/C13H13N3O/c1-10(2)13(17)12-7-5-11(6-8-12)4-3-9-15-16-14/h5-8,10H,9H2,1-2H3. The quantitative estimate of drug-likeness (QED) is 0.257. The molecule has 0 saturated carbocycles. The summed E-state index contributed by atoms with van der Waals surface area (Å²) in [5, 5.41) is 3.31. The van der Waals surface area contributed by atoms with E-state index in [4.69, 9.17) is 5.53 Å². The van der Waals surface area contributed by atoms with Crippen molar-refractivity contribution in [3.05, 3.63) is 45.8 Å². The number of Topliss-reactive ketones (excluding diaryl/α,β-unsaturated/α-hetero) is 1. The van der Waals surface area contributed by atoms with Gasteiger partial charge in [0.15, 0.2) is 5.78 Å². The normalized spacial score (nSPS) is 9.12. The molecule has 0 aromatic heterocycles. The van der Waals surface area contributed by atoms with Crippen LogP contribution < -0.4 is 0 Å². The van der Waals surface area contributed by atoms with E-state index in [0.29, 0.717) is 5.56 Å². The average Bonchev–Trinajstić information content (AvgIpc) is 2.34. The lowest BCUT2D eigenvalue weighted by molar-refractivity contribution is 0.0939. The molecule has 0 radical (unpaired) electrons. The van der Waals surface area contributed by atoms with Crippen LogP contribution in [0, 0.1) is 17.8 Å². The molecule has 0 N–H and O–H groups in total. The smallest absolute Gasteiger partial charge is 0.165 e. The van der Waals surface area contributed by atoms with Gasteiger partial charge in [-0.25, -0.2) is 0 Å². The first-order valence-electron chi connectivity index (χ1n) is 5.29. The molecule has 17 heavy (non-hydrogen) atoms. The second kappa shape index (κ2) is 6.37. The third kappa shape index (κ3) is 4.02. The summed E-state index contributed by atoms with van der Waals surface area (Å²) in [4.78, 5) is 14.3. The molecular weight excluding hydrogens is 214 g/mol. The van der Waals surface area contributed by atoms with Crippen LogP contribution in [0.1, 0.15) is 29.8 Å². The summed E-state index contributed by atoms with van der Waals surface area (Å²) < 4.78 is 0. The molecule has 0 fully saturated rings. The van der Waals surface area contributed by atoms with Crippen molar-refractivity contribution >= 4 is 5.78 Å². The molecule has 0 aliphatic rings. The summed E-state index contributed by atoms with van der Waals surface area (Å²) in [6.07, 6.45) is 0. The fraction of sp³-hybridized carbons (Fsp3) is 0.308. The van der Waals surface area contributed by atoms with E-state index >= 15 is 0 Å². The molecule has 0 aliphatic heterocycles.